The molecule has 0 spiro atoms. The summed E-state index contributed by atoms with van der Waals surface area (Å²) in [6.45, 7) is 5.00. The molecule has 0 aromatic carbocycles. The number of rotatable bonds is 1. The molecule has 1 heterocycles. The molecule has 1 rings (SSSR count). The number of halogens is 1. The molecule has 2 heteroatoms. The van der Waals surface area contributed by atoms with Crippen LogP contribution in [0.3, 0.4) is 0 Å². The predicted molar refractivity (Wildman–Crippen MR) is 39.1 cm³/mol. The Morgan fingerprint density at radius 3 is 2.70 bits per heavy atom. The van der Waals surface area contributed by atoms with Crippen LogP contribution < -0.4 is 0 Å². The van der Waals surface area contributed by atoms with E-state index in [4.69, 9.17) is 0 Å². The highest BCUT2D eigenvalue weighted by Crippen LogP contribution is 2.11. The van der Waals surface area contributed by atoms with Crippen molar-refractivity contribution in [3.63, 3.8) is 0 Å². The summed E-state index contributed by atoms with van der Waals surface area (Å²) in [7, 11) is 0. The largest absolute Gasteiger partial charge is 0.261 e. The van der Waals surface area contributed by atoms with E-state index in [9.17, 15) is 4.39 Å². The summed E-state index contributed by atoms with van der Waals surface area (Å²) < 4.78 is 12.3. The fourth-order valence-corrected chi connectivity index (χ4v) is 0.628. The van der Waals surface area contributed by atoms with E-state index in [2.05, 4.69) is 11.6 Å². The average molecular weight is 137 g/mol. The highest BCUT2D eigenvalue weighted by Gasteiger charge is 1.94. The first kappa shape index (κ1) is 6.93. The number of aryl methyl sites for hydroxylation is 1. The van der Waals surface area contributed by atoms with E-state index >= 15 is 0 Å². The van der Waals surface area contributed by atoms with Gasteiger partial charge in [0.25, 0.3) is 0 Å². The summed E-state index contributed by atoms with van der Waals surface area (Å²) in [5.74, 6) is -0.437. The molecule has 0 aliphatic carbocycles. The van der Waals surface area contributed by atoms with Crippen LogP contribution in [0.5, 0.6) is 0 Å². The van der Waals surface area contributed by atoms with E-state index in [0.29, 0.717) is 5.56 Å². The van der Waals surface area contributed by atoms with Gasteiger partial charge in [-0.15, -0.1) is 0 Å². The standard InChI is InChI=1S/C8H8FN/c1-6-3-4-8(5-10-6)7(2)9/h3-5H,2H2,1H3. The minimum Gasteiger partial charge on any atom is -0.261 e. The Balaban J connectivity index is 3.00. The van der Waals surface area contributed by atoms with Gasteiger partial charge in [-0.1, -0.05) is 6.58 Å². The van der Waals surface area contributed by atoms with Gasteiger partial charge in [0.1, 0.15) is 5.83 Å². The Labute approximate surface area is 59.2 Å². The predicted octanol–water partition coefficient (Wildman–Crippen LogP) is 2.33. The second-order valence-electron chi connectivity index (χ2n) is 2.09. The van der Waals surface area contributed by atoms with Crippen LogP contribution in [0, 0.1) is 6.92 Å². The average Bonchev–Trinajstić information content (AvgIpc) is 1.88. The van der Waals surface area contributed by atoms with Crippen LogP contribution in [0.25, 0.3) is 5.83 Å². The lowest BCUT2D eigenvalue weighted by atomic mass is 10.2. The Kier molecular flexibility index (Phi) is 1.81. The zero-order chi connectivity index (χ0) is 7.56. The maximum atomic E-state index is 12.3. The third-order valence-electron chi connectivity index (χ3n) is 1.22. The van der Waals surface area contributed by atoms with E-state index in [1.165, 1.54) is 6.20 Å². The fraction of sp³-hybridized carbons (Fsp3) is 0.125. The highest BCUT2D eigenvalue weighted by molar-refractivity contribution is 5.55. The quantitative estimate of drug-likeness (QED) is 0.578. The molecule has 0 bridgehead atoms. The Morgan fingerprint density at radius 2 is 2.30 bits per heavy atom. The summed E-state index contributed by atoms with van der Waals surface area (Å²) in [5, 5.41) is 0. The van der Waals surface area contributed by atoms with Crippen molar-refractivity contribution in [1.29, 1.82) is 0 Å². The molecule has 0 atom stereocenters. The van der Waals surface area contributed by atoms with Crippen LogP contribution in [0.15, 0.2) is 24.9 Å². The molecule has 0 radical (unpaired) electrons. The lowest BCUT2D eigenvalue weighted by Crippen LogP contribution is -1.81. The van der Waals surface area contributed by atoms with Crippen molar-refractivity contribution >= 4 is 5.83 Å². The topological polar surface area (TPSA) is 12.9 Å². The summed E-state index contributed by atoms with van der Waals surface area (Å²) in [4.78, 5) is 3.90. The van der Waals surface area contributed by atoms with Crippen LogP contribution in [-0.4, -0.2) is 4.98 Å². The molecule has 0 fully saturated rings. The van der Waals surface area contributed by atoms with Gasteiger partial charge in [-0.25, -0.2) is 4.39 Å². The van der Waals surface area contributed by atoms with E-state index < -0.39 is 5.83 Å². The van der Waals surface area contributed by atoms with E-state index in [0.717, 1.165) is 5.69 Å². The first-order valence-electron chi connectivity index (χ1n) is 2.97. The van der Waals surface area contributed by atoms with Gasteiger partial charge in [0.15, 0.2) is 0 Å². The molecule has 0 saturated carbocycles. The molecule has 0 amide bonds. The molecule has 0 saturated heterocycles. The van der Waals surface area contributed by atoms with Gasteiger partial charge in [-0.3, -0.25) is 4.98 Å². The molecule has 10 heavy (non-hydrogen) atoms. The number of hydrogen-bond acceptors (Lipinski definition) is 1. The van der Waals surface area contributed by atoms with Crippen molar-refractivity contribution in [2.75, 3.05) is 0 Å². The van der Waals surface area contributed by atoms with Crippen molar-refractivity contribution in [2.24, 2.45) is 0 Å². The minimum atomic E-state index is -0.437. The maximum absolute atomic E-state index is 12.3. The number of nitrogens with zero attached hydrogens (tertiary/aromatic N) is 1. The van der Waals surface area contributed by atoms with Crippen molar-refractivity contribution < 1.29 is 4.39 Å². The van der Waals surface area contributed by atoms with E-state index in [1.807, 2.05) is 6.92 Å². The van der Waals surface area contributed by atoms with E-state index in [-0.39, 0.29) is 0 Å². The zero-order valence-electron chi connectivity index (χ0n) is 5.76. The Morgan fingerprint density at radius 1 is 1.60 bits per heavy atom. The number of hydrogen-bond donors (Lipinski definition) is 0. The second-order valence-corrected chi connectivity index (χ2v) is 2.09. The molecule has 1 aromatic heterocycles. The lowest BCUT2D eigenvalue weighted by Gasteiger charge is -1.94. The van der Waals surface area contributed by atoms with Gasteiger partial charge in [-0.2, -0.15) is 0 Å². The number of pyridine rings is 1. The summed E-state index contributed by atoms with van der Waals surface area (Å²) in [6, 6.07) is 3.41. The van der Waals surface area contributed by atoms with E-state index in [1.54, 1.807) is 12.1 Å². The van der Waals surface area contributed by atoms with Gasteiger partial charge in [0.2, 0.25) is 0 Å². The molecule has 0 aliphatic heterocycles. The summed E-state index contributed by atoms with van der Waals surface area (Å²) in [5.41, 5.74) is 1.33. The van der Waals surface area contributed by atoms with Crippen molar-refractivity contribution in [3.05, 3.63) is 36.2 Å². The first-order valence-corrected chi connectivity index (χ1v) is 2.97. The SMILES string of the molecule is C=C(F)c1ccc(C)nc1. The minimum absolute atomic E-state index is 0.437. The van der Waals surface area contributed by atoms with Crippen molar-refractivity contribution in [1.82, 2.24) is 4.98 Å². The summed E-state index contributed by atoms with van der Waals surface area (Å²) >= 11 is 0. The third-order valence-corrected chi connectivity index (χ3v) is 1.22. The van der Waals surface area contributed by atoms with Crippen LogP contribution in [0.2, 0.25) is 0 Å². The van der Waals surface area contributed by atoms with Gasteiger partial charge in [0, 0.05) is 17.5 Å². The van der Waals surface area contributed by atoms with Crippen LogP contribution in [-0.2, 0) is 0 Å². The first-order chi connectivity index (χ1) is 4.70. The lowest BCUT2D eigenvalue weighted by molar-refractivity contribution is 0.762. The third kappa shape index (κ3) is 1.41. The van der Waals surface area contributed by atoms with Gasteiger partial charge >= 0.3 is 0 Å². The van der Waals surface area contributed by atoms with Crippen molar-refractivity contribution in [3.8, 4) is 0 Å². The van der Waals surface area contributed by atoms with Crippen molar-refractivity contribution in [2.45, 2.75) is 6.92 Å². The van der Waals surface area contributed by atoms with Crippen LogP contribution in [0.4, 0.5) is 4.39 Å². The summed E-state index contributed by atoms with van der Waals surface area (Å²) in [6.07, 6.45) is 1.47. The highest BCUT2D eigenvalue weighted by atomic mass is 19.1. The van der Waals surface area contributed by atoms with Gasteiger partial charge in [0.05, 0.1) is 0 Å². The molecule has 0 unspecified atom stereocenters. The molecular formula is C8H8FN. The molecule has 1 aromatic rings. The van der Waals surface area contributed by atoms with Crippen LogP contribution in [0.1, 0.15) is 11.3 Å². The van der Waals surface area contributed by atoms with Crippen LogP contribution >= 0.6 is 0 Å². The normalized spacial score (nSPS) is 9.40. The Bertz CT molecular complexity index is 238. The van der Waals surface area contributed by atoms with Gasteiger partial charge in [-0.05, 0) is 19.1 Å². The molecular weight excluding hydrogens is 129 g/mol. The smallest absolute Gasteiger partial charge is 0.124 e. The second kappa shape index (κ2) is 2.60. The van der Waals surface area contributed by atoms with Gasteiger partial charge < -0.3 is 0 Å². The fourth-order valence-electron chi connectivity index (χ4n) is 0.628. The molecule has 0 N–H and O–H groups in total. The molecule has 0 aliphatic rings. The molecule has 1 nitrogen and oxygen atoms in total. The Hall–Kier alpha value is -1.18. The monoisotopic (exact) mass is 137 g/mol. The zero-order valence-corrected chi connectivity index (χ0v) is 5.76. The number of aromatic nitrogens is 1. The maximum Gasteiger partial charge on any atom is 0.124 e. The molecule has 52 valence electrons.